The van der Waals surface area contributed by atoms with Gasteiger partial charge in [0.2, 0.25) is 0 Å². The first kappa shape index (κ1) is 14.9. The Balaban J connectivity index is 2.22. The van der Waals surface area contributed by atoms with Gasteiger partial charge in [0.05, 0.1) is 10.5 Å². The topological polar surface area (TPSA) is 17.1 Å². The molecule has 0 heterocycles. The van der Waals surface area contributed by atoms with E-state index in [2.05, 4.69) is 0 Å². The highest BCUT2D eigenvalue weighted by Crippen LogP contribution is 2.30. The first-order valence-electron chi connectivity index (χ1n) is 6.39. The average molecular weight is 294 g/mol. The molecular formula is C16H16F2OS. The maximum Gasteiger partial charge on any atom is 0.123 e. The normalized spacial score (nSPS) is 15.6. The molecule has 2 unspecified atom stereocenters. The maximum absolute atomic E-state index is 13.2. The highest BCUT2D eigenvalue weighted by molar-refractivity contribution is 7.85. The molecule has 0 saturated carbocycles. The molecule has 2 atom stereocenters. The summed E-state index contributed by atoms with van der Waals surface area (Å²) in [5.41, 5.74) is 1.37. The first-order chi connectivity index (χ1) is 9.49. The van der Waals surface area contributed by atoms with Crippen molar-refractivity contribution in [2.45, 2.75) is 24.3 Å². The molecule has 0 saturated heterocycles. The largest absolute Gasteiger partial charge is 0.258 e. The van der Waals surface area contributed by atoms with E-state index in [4.69, 9.17) is 0 Å². The molecule has 2 rings (SSSR count). The van der Waals surface area contributed by atoms with E-state index >= 15 is 0 Å². The van der Waals surface area contributed by atoms with E-state index < -0.39 is 10.8 Å². The van der Waals surface area contributed by atoms with Gasteiger partial charge in [-0.25, -0.2) is 8.78 Å². The monoisotopic (exact) mass is 294 g/mol. The SMILES string of the molecule is CC(c1cccc(F)c1)S(=O)C(C)c1cccc(F)c1. The van der Waals surface area contributed by atoms with E-state index in [1.807, 2.05) is 0 Å². The van der Waals surface area contributed by atoms with Crippen molar-refractivity contribution in [1.82, 2.24) is 0 Å². The van der Waals surface area contributed by atoms with Crippen molar-refractivity contribution in [3.63, 3.8) is 0 Å². The molecule has 0 aliphatic rings. The Kier molecular flexibility index (Phi) is 4.65. The summed E-state index contributed by atoms with van der Waals surface area (Å²) in [5.74, 6) is -0.686. The van der Waals surface area contributed by atoms with Crippen molar-refractivity contribution in [3.8, 4) is 0 Å². The van der Waals surface area contributed by atoms with Crippen LogP contribution in [0.15, 0.2) is 48.5 Å². The third-order valence-corrected chi connectivity index (χ3v) is 5.27. The smallest absolute Gasteiger partial charge is 0.123 e. The zero-order valence-electron chi connectivity index (χ0n) is 11.3. The van der Waals surface area contributed by atoms with Gasteiger partial charge in [0.25, 0.3) is 0 Å². The quantitative estimate of drug-likeness (QED) is 0.809. The summed E-state index contributed by atoms with van der Waals surface area (Å²) in [6.07, 6.45) is 0. The van der Waals surface area contributed by atoms with Crippen LogP contribution in [0.1, 0.15) is 35.5 Å². The fourth-order valence-corrected chi connectivity index (χ4v) is 3.54. The summed E-state index contributed by atoms with van der Waals surface area (Å²) in [6.45, 7) is 3.58. The van der Waals surface area contributed by atoms with Crippen LogP contribution in [0.5, 0.6) is 0 Å². The second-order valence-electron chi connectivity index (χ2n) is 4.72. The minimum Gasteiger partial charge on any atom is -0.258 e. The van der Waals surface area contributed by atoms with Crippen LogP contribution in [0.2, 0.25) is 0 Å². The molecule has 2 aromatic rings. The van der Waals surface area contributed by atoms with Crippen molar-refractivity contribution in [2.24, 2.45) is 0 Å². The van der Waals surface area contributed by atoms with Crippen molar-refractivity contribution in [1.29, 1.82) is 0 Å². The maximum atomic E-state index is 13.2. The molecular weight excluding hydrogens is 278 g/mol. The Hall–Kier alpha value is -1.55. The Bertz CT molecular complexity index is 574. The van der Waals surface area contributed by atoms with Gasteiger partial charge in [0.1, 0.15) is 11.6 Å². The summed E-state index contributed by atoms with van der Waals surface area (Å²) in [4.78, 5) is 0. The highest BCUT2D eigenvalue weighted by atomic mass is 32.2. The summed E-state index contributed by atoms with van der Waals surface area (Å²) in [5, 5.41) is -0.632. The third kappa shape index (κ3) is 3.31. The van der Waals surface area contributed by atoms with Crippen LogP contribution < -0.4 is 0 Å². The van der Waals surface area contributed by atoms with Gasteiger partial charge in [-0.15, -0.1) is 0 Å². The van der Waals surface area contributed by atoms with Gasteiger partial charge in [-0.3, -0.25) is 4.21 Å². The summed E-state index contributed by atoms with van der Waals surface area (Å²) in [7, 11) is -1.26. The zero-order chi connectivity index (χ0) is 14.7. The van der Waals surface area contributed by atoms with E-state index in [0.29, 0.717) is 11.1 Å². The molecule has 20 heavy (non-hydrogen) atoms. The average Bonchev–Trinajstić information content (AvgIpc) is 2.45. The molecule has 0 N–H and O–H groups in total. The van der Waals surface area contributed by atoms with Crippen LogP contribution in [0.25, 0.3) is 0 Å². The number of rotatable bonds is 4. The number of halogens is 2. The molecule has 0 fully saturated rings. The lowest BCUT2D eigenvalue weighted by Crippen LogP contribution is -2.10. The van der Waals surface area contributed by atoms with Gasteiger partial charge >= 0.3 is 0 Å². The van der Waals surface area contributed by atoms with Gasteiger partial charge in [-0.05, 0) is 49.2 Å². The highest BCUT2D eigenvalue weighted by Gasteiger charge is 2.21. The van der Waals surface area contributed by atoms with Gasteiger partial charge in [-0.1, -0.05) is 24.3 Å². The van der Waals surface area contributed by atoms with Crippen molar-refractivity contribution in [3.05, 3.63) is 71.3 Å². The lowest BCUT2D eigenvalue weighted by Gasteiger charge is -2.18. The molecule has 106 valence electrons. The van der Waals surface area contributed by atoms with Crippen LogP contribution >= 0.6 is 0 Å². The fraction of sp³-hybridized carbons (Fsp3) is 0.250. The van der Waals surface area contributed by atoms with Gasteiger partial charge < -0.3 is 0 Å². The van der Waals surface area contributed by atoms with Crippen molar-refractivity contribution in [2.75, 3.05) is 0 Å². The fourth-order valence-electron chi connectivity index (χ4n) is 2.09. The predicted octanol–water partition coefficient (Wildman–Crippen LogP) is 4.54. The zero-order valence-corrected chi connectivity index (χ0v) is 12.2. The molecule has 4 heteroatoms. The van der Waals surface area contributed by atoms with Crippen molar-refractivity contribution >= 4 is 10.8 Å². The van der Waals surface area contributed by atoms with Gasteiger partial charge in [-0.2, -0.15) is 0 Å². The number of benzene rings is 2. The summed E-state index contributed by atoms with van der Waals surface area (Å²) >= 11 is 0. The van der Waals surface area contributed by atoms with Crippen LogP contribution in [0.3, 0.4) is 0 Å². The number of hydrogen-bond acceptors (Lipinski definition) is 1. The molecule has 0 aliphatic carbocycles. The summed E-state index contributed by atoms with van der Waals surface area (Å²) in [6, 6.07) is 12.2. The molecule has 0 radical (unpaired) electrons. The van der Waals surface area contributed by atoms with Crippen LogP contribution in [-0.4, -0.2) is 4.21 Å². The summed E-state index contributed by atoms with van der Waals surface area (Å²) < 4.78 is 39.0. The number of hydrogen-bond donors (Lipinski definition) is 0. The van der Waals surface area contributed by atoms with Crippen LogP contribution in [0.4, 0.5) is 8.78 Å². The minimum absolute atomic E-state index is 0.316. The lowest BCUT2D eigenvalue weighted by atomic mass is 10.1. The lowest BCUT2D eigenvalue weighted by molar-refractivity contribution is 0.623. The Morgan fingerprint density at radius 1 is 0.850 bits per heavy atom. The van der Waals surface area contributed by atoms with Crippen LogP contribution in [-0.2, 0) is 10.8 Å². The molecule has 0 spiro atoms. The van der Waals surface area contributed by atoms with E-state index in [1.54, 1.807) is 38.1 Å². The van der Waals surface area contributed by atoms with Gasteiger partial charge in [0.15, 0.2) is 0 Å². The molecule has 0 bridgehead atoms. The van der Waals surface area contributed by atoms with Crippen molar-refractivity contribution < 1.29 is 13.0 Å². The van der Waals surface area contributed by atoms with Gasteiger partial charge in [0, 0.05) is 10.8 Å². The molecule has 0 amide bonds. The molecule has 1 nitrogen and oxygen atoms in total. The van der Waals surface area contributed by atoms with E-state index in [1.165, 1.54) is 24.3 Å². The predicted molar refractivity (Wildman–Crippen MR) is 77.8 cm³/mol. The van der Waals surface area contributed by atoms with E-state index in [9.17, 15) is 13.0 Å². The first-order valence-corrected chi connectivity index (χ1v) is 7.67. The van der Waals surface area contributed by atoms with E-state index in [-0.39, 0.29) is 22.1 Å². The second-order valence-corrected chi connectivity index (χ2v) is 6.79. The second kappa shape index (κ2) is 6.27. The third-order valence-electron chi connectivity index (χ3n) is 3.33. The van der Waals surface area contributed by atoms with Crippen LogP contribution in [0, 0.1) is 11.6 Å². The Morgan fingerprint density at radius 3 is 1.60 bits per heavy atom. The Labute approximate surface area is 120 Å². The molecule has 0 aromatic heterocycles. The Morgan fingerprint density at radius 2 is 1.25 bits per heavy atom. The molecule has 2 aromatic carbocycles. The van der Waals surface area contributed by atoms with E-state index in [0.717, 1.165) is 0 Å². The minimum atomic E-state index is -1.26. The molecule has 0 aliphatic heterocycles. The standard InChI is InChI=1S/C16H16F2OS/c1-11(13-5-3-7-15(17)9-13)20(19)12(2)14-6-4-8-16(18)10-14/h3-12H,1-2H3.